The molecule has 0 aromatic heterocycles. The summed E-state index contributed by atoms with van der Waals surface area (Å²) in [4.78, 5) is 12.4. The Balaban J connectivity index is 1.51. The van der Waals surface area contributed by atoms with Crippen molar-refractivity contribution in [3.63, 3.8) is 0 Å². The maximum absolute atomic E-state index is 12.4. The summed E-state index contributed by atoms with van der Waals surface area (Å²) < 4.78 is 11.7. The second-order valence-electron chi connectivity index (χ2n) is 11.3. The average Bonchev–Trinajstić information content (AvgIpc) is 3.00. The molecule has 3 heteroatoms. The Kier molecular flexibility index (Phi) is 15.1. The van der Waals surface area contributed by atoms with Gasteiger partial charge in [0.15, 0.2) is 0 Å². The van der Waals surface area contributed by atoms with E-state index < -0.39 is 0 Å². The smallest absolute Gasteiger partial charge is 0.306 e. The highest BCUT2D eigenvalue weighted by atomic mass is 16.5. The van der Waals surface area contributed by atoms with Gasteiger partial charge in [-0.05, 0) is 59.7 Å². The molecule has 3 aromatic rings. The summed E-state index contributed by atoms with van der Waals surface area (Å²) in [5.41, 5.74) is 5.71. The molecule has 222 valence electrons. The van der Waals surface area contributed by atoms with Crippen molar-refractivity contribution in [2.45, 2.75) is 117 Å². The summed E-state index contributed by atoms with van der Waals surface area (Å²) in [6.45, 7) is 7.22. The molecule has 0 radical (unpaired) electrons. The van der Waals surface area contributed by atoms with Crippen LogP contribution >= 0.6 is 0 Å². The van der Waals surface area contributed by atoms with Crippen LogP contribution in [0.3, 0.4) is 0 Å². The fraction of sp³-hybridized carbons (Fsp3) is 0.500. The van der Waals surface area contributed by atoms with Crippen molar-refractivity contribution in [3.05, 3.63) is 78.4 Å². The normalized spacial score (nSPS) is 11.8. The lowest BCUT2D eigenvalue weighted by Crippen LogP contribution is -2.08. The van der Waals surface area contributed by atoms with E-state index in [9.17, 15) is 4.79 Å². The fourth-order valence-corrected chi connectivity index (χ4v) is 5.27. The van der Waals surface area contributed by atoms with Gasteiger partial charge in [0.1, 0.15) is 11.9 Å². The molecule has 0 saturated carbocycles. The minimum atomic E-state index is -0.250. The average molecular weight is 557 g/mol. The lowest BCUT2D eigenvalue weighted by Gasteiger charge is -2.15. The third kappa shape index (κ3) is 11.7. The summed E-state index contributed by atoms with van der Waals surface area (Å²) in [7, 11) is 0. The van der Waals surface area contributed by atoms with Gasteiger partial charge in [-0.3, -0.25) is 4.79 Å². The highest BCUT2D eigenvalue weighted by Gasteiger charge is 2.13. The quantitative estimate of drug-likeness (QED) is 0.103. The van der Waals surface area contributed by atoms with E-state index in [0.29, 0.717) is 6.42 Å². The number of benzene rings is 3. The van der Waals surface area contributed by atoms with Crippen molar-refractivity contribution in [2.75, 3.05) is 6.61 Å². The molecule has 0 fully saturated rings. The van der Waals surface area contributed by atoms with E-state index in [0.717, 1.165) is 42.7 Å². The summed E-state index contributed by atoms with van der Waals surface area (Å²) in [6.07, 6.45) is 16.3. The number of ether oxygens (including phenoxy) is 2. The number of rotatable bonds is 20. The molecule has 0 bridgehead atoms. The zero-order chi connectivity index (χ0) is 29.1. The van der Waals surface area contributed by atoms with Crippen LogP contribution in [0.1, 0.15) is 122 Å². The molecule has 41 heavy (non-hydrogen) atoms. The second kappa shape index (κ2) is 19.1. The van der Waals surface area contributed by atoms with E-state index in [4.69, 9.17) is 9.47 Å². The third-order valence-electron chi connectivity index (χ3n) is 7.84. The van der Waals surface area contributed by atoms with Gasteiger partial charge in [0.05, 0.1) is 6.61 Å². The van der Waals surface area contributed by atoms with Gasteiger partial charge in [0.2, 0.25) is 0 Å². The molecule has 1 atom stereocenters. The number of unbranched alkanes of at least 4 members (excludes halogenated alkanes) is 11. The topological polar surface area (TPSA) is 35.5 Å². The molecule has 0 aliphatic rings. The van der Waals surface area contributed by atoms with Gasteiger partial charge in [-0.2, -0.15) is 0 Å². The van der Waals surface area contributed by atoms with Crippen LogP contribution < -0.4 is 4.74 Å². The summed E-state index contributed by atoms with van der Waals surface area (Å²) in [5.74, 6) is 0.833. The van der Waals surface area contributed by atoms with Crippen LogP contribution in [0.4, 0.5) is 0 Å². The van der Waals surface area contributed by atoms with Crippen LogP contribution in [0.15, 0.2) is 72.8 Å². The molecule has 3 rings (SSSR count). The van der Waals surface area contributed by atoms with Crippen LogP contribution in [0.5, 0.6) is 5.75 Å². The second-order valence-corrected chi connectivity index (χ2v) is 11.3. The maximum Gasteiger partial charge on any atom is 0.306 e. The van der Waals surface area contributed by atoms with Crippen molar-refractivity contribution in [1.82, 2.24) is 0 Å². The van der Waals surface area contributed by atoms with Gasteiger partial charge in [0, 0.05) is 6.42 Å². The number of esters is 1. The van der Waals surface area contributed by atoms with E-state index >= 15 is 0 Å². The van der Waals surface area contributed by atoms with Gasteiger partial charge in [-0.1, -0.05) is 145 Å². The third-order valence-corrected chi connectivity index (χ3v) is 7.84. The van der Waals surface area contributed by atoms with Crippen molar-refractivity contribution in [2.24, 2.45) is 0 Å². The maximum atomic E-state index is 12.4. The molecule has 0 aliphatic carbocycles. The Morgan fingerprint density at radius 1 is 0.610 bits per heavy atom. The van der Waals surface area contributed by atoms with Crippen molar-refractivity contribution < 1.29 is 14.3 Å². The van der Waals surface area contributed by atoms with Crippen LogP contribution in [-0.2, 0) is 9.53 Å². The van der Waals surface area contributed by atoms with Gasteiger partial charge >= 0.3 is 5.97 Å². The minimum absolute atomic E-state index is 0.0973. The van der Waals surface area contributed by atoms with E-state index in [1.807, 2.05) is 6.92 Å². The standard InChI is InChI=1S/C38H52O3/c1-4-6-8-10-12-13-15-21-38(39)41-31(3)32-22-24-33(25-23-32)36-19-16-17-20-37(36)34-26-28-35(29-27-34)40-30-18-14-11-9-7-5-2/h16-17,19-20,22-29,31H,4-15,18,21,30H2,1-3H3. The molecular weight excluding hydrogens is 504 g/mol. The first-order chi connectivity index (χ1) is 20.1. The first-order valence-corrected chi connectivity index (χ1v) is 16.2. The van der Waals surface area contributed by atoms with E-state index in [1.54, 1.807) is 0 Å². The molecule has 0 N–H and O–H groups in total. The first kappa shape index (κ1) is 32.4. The van der Waals surface area contributed by atoms with Crippen molar-refractivity contribution >= 4 is 5.97 Å². The summed E-state index contributed by atoms with van der Waals surface area (Å²) in [6, 6.07) is 25.4. The van der Waals surface area contributed by atoms with E-state index in [-0.39, 0.29) is 12.1 Å². The Labute approximate surface area is 249 Å². The molecular formula is C38H52O3. The monoisotopic (exact) mass is 556 g/mol. The van der Waals surface area contributed by atoms with Crippen LogP contribution in [0.2, 0.25) is 0 Å². The SMILES string of the molecule is CCCCCCCCCC(=O)OC(C)c1ccc(-c2ccccc2-c2ccc(OCCCCCCCC)cc2)cc1. The Morgan fingerprint density at radius 3 is 1.66 bits per heavy atom. The van der Waals surface area contributed by atoms with Crippen molar-refractivity contribution in [1.29, 1.82) is 0 Å². The minimum Gasteiger partial charge on any atom is -0.494 e. The van der Waals surface area contributed by atoms with Gasteiger partial charge in [-0.25, -0.2) is 0 Å². The van der Waals surface area contributed by atoms with Crippen LogP contribution in [0.25, 0.3) is 22.3 Å². The Bertz CT molecular complexity index is 1120. The molecule has 0 amide bonds. The van der Waals surface area contributed by atoms with Crippen LogP contribution in [-0.4, -0.2) is 12.6 Å². The molecule has 0 spiro atoms. The molecule has 0 aliphatic heterocycles. The molecule has 3 nitrogen and oxygen atoms in total. The predicted molar refractivity (Wildman–Crippen MR) is 173 cm³/mol. The number of carbonyl (C=O) groups excluding carboxylic acids is 1. The van der Waals surface area contributed by atoms with Gasteiger partial charge < -0.3 is 9.47 Å². The first-order valence-electron chi connectivity index (χ1n) is 16.2. The number of hydrogen-bond donors (Lipinski definition) is 0. The zero-order valence-corrected chi connectivity index (χ0v) is 25.8. The highest BCUT2D eigenvalue weighted by Crippen LogP contribution is 2.34. The molecule has 0 saturated heterocycles. The lowest BCUT2D eigenvalue weighted by atomic mass is 9.93. The summed E-state index contributed by atoms with van der Waals surface area (Å²) in [5, 5.41) is 0. The summed E-state index contributed by atoms with van der Waals surface area (Å²) >= 11 is 0. The largest absolute Gasteiger partial charge is 0.494 e. The highest BCUT2D eigenvalue weighted by molar-refractivity contribution is 5.83. The number of hydrogen-bond acceptors (Lipinski definition) is 3. The molecule has 3 aromatic carbocycles. The predicted octanol–water partition coefficient (Wildman–Crippen LogP) is 11.5. The fourth-order valence-electron chi connectivity index (χ4n) is 5.27. The lowest BCUT2D eigenvalue weighted by molar-refractivity contribution is -0.148. The van der Waals surface area contributed by atoms with Gasteiger partial charge in [0.25, 0.3) is 0 Å². The van der Waals surface area contributed by atoms with E-state index in [1.165, 1.54) is 80.9 Å². The van der Waals surface area contributed by atoms with Crippen LogP contribution in [0, 0.1) is 0 Å². The van der Waals surface area contributed by atoms with Crippen molar-refractivity contribution in [3.8, 4) is 28.0 Å². The zero-order valence-electron chi connectivity index (χ0n) is 25.8. The number of carbonyl (C=O) groups is 1. The Morgan fingerprint density at radius 2 is 1.10 bits per heavy atom. The Hall–Kier alpha value is -3.07. The molecule has 0 heterocycles. The van der Waals surface area contributed by atoms with Gasteiger partial charge in [-0.15, -0.1) is 0 Å². The molecule has 1 unspecified atom stereocenters. The van der Waals surface area contributed by atoms with E-state index in [2.05, 4.69) is 86.6 Å².